The molecule has 1 fully saturated rings. The van der Waals surface area contributed by atoms with Gasteiger partial charge in [-0.2, -0.15) is 0 Å². The number of aryl methyl sites for hydroxylation is 1. The minimum atomic E-state index is -1.35. The number of ether oxygens (including phenoxy) is 2. The third kappa shape index (κ3) is 4.72. The molecule has 1 saturated heterocycles. The summed E-state index contributed by atoms with van der Waals surface area (Å²) in [5, 5.41) is 7.65. The van der Waals surface area contributed by atoms with Crippen molar-refractivity contribution in [3.63, 3.8) is 0 Å². The van der Waals surface area contributed by atoms with Gasteiger partial charge in [0.05, 0.1) is 20.3 Å². The number of benzene rings is 2. The monoisotopic (exact) mass is 493 g/mol. The molecule has 0 saturated carbocycles. The van der Waals surface area contributed by atoms with Gasteiger partial charge >= 0.3 is 6.03 Å². The summed E-state index contributed by atoms with van der Waals surface area (Å²) in [6.45, 7) is 3.20. The second-order valence-electron chi connectivity index (χ2n) is 8.44. The Morgan fingerprint density at radius 3 is 2.43 bits per heavy atom. The van der Waals surface area contributed by atoms with E-state index in [1.54, 1.807) is 25.1 Å². The molecule has 0 aliphatic carbocycles. The summed E-state index contributed by atoms with van der Waals surface area (Å²) < 4.78 is 10.6. The van der Waals surface area contributed by atoms with E-state index in [1.165, 1.54) is 25.6 Å². The first-order valence-electron chi connectivity index (χ1n) is 11.0. The Kier molecular flexibility index (Phi) is 6.79. The molecule has 4 rings (SSSR count). The molecule has 4 amide bonds. The van der Waals surface area contributed by atoms with Crippen molar-refractivity contribution in [2.45, 2.75) is 25.4 Å². The van der Waals surface area contributed by atoms with E-state index in [9.17, 15) is 14.4 Å². The van der Waals surface area contributed by atoms with Crippen LogP contribution in [0.1, 0.15) is 34.5 Å². The Hall–Kier alpha value is -3.85. The number of nitrogens with zero attached hydrogens (tertiary/aromatic N) is 1. The van der Waals surface area contributed by atoms with Gasteiger partial charge in [-0.1, -0.05) is 42.0 Å². The molecule has 2 heterocycles. The molecule has 1 aromatic heterocycles. The van der Waals surface area contributed by atoms with Crippen LogP contribution in [0.15, 0.2) is 60.0 Å². The molecule has 2 N–H and O–H groups in total. The van der Waals surface area contributed by atoms with E-state index in [-0.39, 0.29) is 6.04 Å². The van der Waals surface area contributed by atoms with E-state index in [2.05, 4.69) is 10.6 Å². The SMILES string of the molecule is COc1ccc(C2(C)NC(=O)N(CC(=O)NC(c3ccc(C)cc3)c3cccs3)C2=O)cc1OC. The van der Waals surface area contributed by atoms with Crippen molar-refractivity contribution in [1.29, 1.82) is 0 Å². The molecule has 2 atom stereocenters. The molecule has 8 nitrogen and oxygen atoms in total. The van der Waals surface area contributed by atoms with Crippen LogP contribution in [-0.4, -0.2) is 43.5 Å². The fraction of sp³-hybridized carbons (Fsp3) is 0.269. The topological polar surface area (TPSA) is 97.0 Å². The van der Waals surface area contributed by atoms with Crippen LogP contribution in [-0.2, 0) is 15.1 Å². The fourth-order valence-electron chi connectivity index (χ4n) is 4.07. The molecule has 1 aliphatic rings. The van der Waals surface area contributed by atoms with Crippen molar-refractivity contribution in [3.8, 4) is 11.5 Å². The third-order valence-electron chi connectivity index (χ3n) is 6.08. The van der Waals surface area contributed by atoms with E-state index in [0.29, 0.717) is 17.1 Å². The number of methoxy groups -OCH3 is 2. The summed E-state index contributed by atoms with van der Waals surface area (Å²) in [7, 11) is 3.01. The second kappa shape index (κ2) is 9.79. The molecule has 2 aromatic carbocycles. The van der Waals surface area contributed by atoms with Crippen molar-refractivity contribution < 1.29 is 23.9 Å². The van der Waals surface area contributed by atoms with Crippen LogP contribution in [0.3, 0.4) is 0 Å². The maximum Gasteiger partial charge on any atom is 0.325 e. The van der Waals surface area contributed by atoms with Gasteiger partial charge in [-0.25, -0.2) is 4.79 Å². The highest BCUT2D eigenvalue weighted by Gasteiger charge is 2.49. The van der Waals surface area contributed by atoms with Crippen LogP contribution in [0.2, 0.25) is 0 Å². The first-order valence-corrected chi connectivity index (χ1v) is 11.9. The number of nitrogens with one attached hydrogen (secondary N) is 2. The van der Waals surface area contributed by atoms with E-state index >= 15 is 0 Å². The highest BCUT2D eigenvalue weighted by Crippen LogP contribution is 2.35. The zero-order valence-electron chi connectivity index (χ0n) is 20.0. The molecule has 35 heavy (non-hydrogen) atoms. The summed E-state index contributed by atoms with van der Waals surface area (Å²) >= 11 is 1.52. The van der Waals surface area contributed by atoms with Gasteiger partial charge in [-0.3, -0.25) is 14.5 Å². The van der Waals surface area contributed by atoms with Gasteiger partial charge in [0.2, 0.25) is 5.91 Å². The largest absolute Gasteiger partial charge is 0.493 e. The predicted molar refractivity (Wildman–Crippen MR) is 133 cm³/mol. The Bertz CT molecular complexity index is 1240. The quantitative estimate of drug-likeness (QED) is 0.466. The lowest BCUT2D eigenvalue weighted by atomic mass is 9.91. The highest BCUT2D eigenvalue weighted by molar-refractivity contribution is 7.10. The van der Waals surface area contributed by atoms with Crippen molar-refractivity contribution in [1.82, 2.24) is 15.5 Å². The first-order chi connectivity index (χ1) is 16.8. The summed E-state index contributed by atoms with van der Waals surface area (Å²) in [5.41, 5.74) is 1.20. The maximum atomic E-state index is 13.3. The van der Waals surface area contributed by atoms with Gasteiger partial charge in [0.25, 0.3) is 5.91 Å². The summed E-state index contributed by atoms with van der Waals surface area (Å²) in [6.07, 6.45) is 0. The Morgan fingerprint density at radius 1 is 1.09 bits per heavy atom. The zero-order chi connectivity index (χ0) is 25.2. The summed E-state index contributed by atoms with van der Waals surface area (Å²) in [6, 6.07) is 15.7. The summed E-state index contributed by atoms with van der Waals surface area (Å²) in [4.78, 5) is 41.1. The van der Waals surface area contributed by atoms with E-state index in [0.717, 1.165) is 20.9 Å². The number of carbonyl (C=O) groups is 3. The molecule has 9 heteroatoms. The van der Waals surface area contributed by atoms with Crippen LogP contribution in [0.5, 0.6) is 11.5 Å². The number of rotatable bonds is 8. The number of hydrogen-bond donors (Lipinski definition) is 2. The van der Waals surface area contributed by atoms with Crippen LogP contribution in [0.4, 0.5) is 4.79 Å². The van der Waals surface area contributed by atoms with Crippen LogP contribution >= 0.6 is 11.3 Å². The normalized spacial score (nSPS) is 18.2. The molecule has 1 aliphatic heterocycles. The third-order valence-corrected chi connectivity index (χ3v) is 7.02. The van der Waals surface area contributed by atoms with Gasteiger partial charge in [0.15, 0.2) is 11.5 Å². The molecular weight excluding hydrogens is 466 g/mol. The van der Waals surface area contributed by atoms with Gasteiger partial charge in [-0.05, 0) is 48.6 Å². The molecule has 2 unspecified atom stereocenters. The fourth-order valence-corrected chi connectivity index (χ4v) is 4.87. The smallest absolute Gasteiger partial charge is 0.325 e. The number of thiophene rings is 1. The number of imide groups is 1. The maximum absolute atomic E-state index is 13.3. The highest BCUT2D eigenvalue weighted by atomic mass is 32.1. The van der Waals surface area contributed by atoms with Gasteiger partial charge < -0.3 is 20.1 Å². The zero-order valence-corrected chi connectivity index (χ0v) is 20.8. The average molecular weight is 494 g/mol. The number of carbonyl (C=O) groups excluding carboxylic acids is 3. The molecule has 0 radical (unpaired) electrons. The summed E-state index contributed by atoms with van der Waals surface area (Å²) in [5.74, 6) is -0.0261. The minimum absolute atomic E-state index is 0.388. The molecule has 0 spiro atoms. The average Bonchev–Trinajstić information content (AvgIpc) is 3.46. The van der Waals surface area contributed by atoms with Gasteiger partial charge in [0.1, 0.15) is 12.1 Å². The van der Waals surface area contributed by atoms with E-state index in [1.807, 2.05) is 48.7 Å². The minimum Gasteiger partial charge on any atom is -0.493 e. The predicted octanol–water partition coefficient (Wildman–Crippen LogP) is 3.75. The van der Waals surface area contributed by atoms with Crippen LogP contribution < -0.4 is 20.1 Å². The van der Waals surface area contributed by atoms with Crippen LogP contribution in [0.25, 0.3) is 0 Å². The van der Waals surface area contributed by atoms with Crippen molar-refractivity contribution >= 4 is 29.2 Å². The number of hydrogen-bond acceptors (Lipinski definition) is 6. The number of urea groups is 1. The second-order valence-corrected chi connectivity index (χ2v) is 9.42. The Morgan fingerprint density at radius 2 is 1.80 bits per heavy atom. The van der Waals surface area contributed by atoms with Crippen molar-refractivity contribution in [2.75, 3.05) is 20.8 Å². The van der Waals surface area contributed by atoms with Crippen LogP contribution in [0, 0.1) is 6.92 Å². The molecule has 3 aromatic rings. The lowest BCUT2D eigenvalue weighted by Crippen LogP contribution is -2.44. The van der Waals surface area contributed by atoms with E-state index in [4.69, 9.17) is 9.47 Å². The standard InChI is InChI=1S/C26H27N3O5S/c1-16-7-9-17(10-8-16)23(21-6-5-13-35-21)27-22(30)15-29-24(31)26(2,28-25(29)32)18-11-12-19(33-3)20(14-18)34-4/h5-14,23H,15H2,1-4H3,(H,27,30)(H,28,32). The Labute approximate surface area is 207 Å². The Balaban J connectivity index is 1.54. The molecular formula is C26H27N3O5S. The van der Waals surface area contributed by atoms with Crippen molar-refractivity contribution in [2.24, 2.45) is 0 Å². The number of amides is 4. The van der Waals surface area contributed by atoms with Crippen molar-refractivity contribution in [3.05, 3.63) is 81.5 Å². The molecule has 0 bridgehead atoms. The van der Waals surface area contributed by atoms with E-state index < -0.39 is 29.9 Å². The lowest BCUT2D eigenvalue weighted by molar-refractivity contribution is -0.135. The van der Waals surface area contributed by atoms with Gasteiger partial charge in [-0.15, -0.1) is 11.3 Å². The van der Waals surface area contributed by atoms with Gasteiger partial charge in [0, 0.05) is 4.88 Å². The lowest BCUT2D eigenvalue weighted by Gasteiger charge is -2.24. The molecule has 182 valence electrons. The first kappa shape index (κ1) is 24.3.